The predicted octanol–water partition coefficient (Wildman–Crippen LogP) is 0.786. The number of nitrogens with zero attached hydrogens (tertiary/aromatic N) is 2. The third-order valence-corrected chi connectivity index (χ3v) is 2.69. The summed E-state index contributed by atoms with van der Waals surface area (Å²) in [5, 5.41) is 0. The van der Waals surface area contributed by atoms with E-state index in [-0.39, 0.29) is 11.8 Å². The summed E-state index contributed by atoms with van der Waals surface area (Å²) in [6.45, 7) is 6.98. The molecule has 74 valence electrons. The van der Waals surface area contributed by atoms with Crippen LogP contribution < -0.4 is 0 Å². The number of rotatable bonds is 1. The summed E-state index contributed by atoms with van der Waals surface area (Å²) in [6, 6.07) is 0. The first-order chi connectivity index (χ1) is 5.95. The lowest BCUT2D eigenvalue weighted by Gasteiger charge is -2.20. The fourth-order valence-electron chi connectivity index (χ4n) is 1.88. The van der Waals surface area contributed by atoms with Crippen molar-refractivity contribution in [3.63, 3.8) is 0 Å². The van der Waals surface area contributed by atoms with Crippen molar-refractivity contribution in [2.75, 3.05) is 27.7 Å². The molecule has 2 unspecified atom stereocenters. The van der Waals surface area contributed by atoms with Gasteiger partial charge in [0.15, 0.2) is 0 Å². The van der Waals surface area contributed by atoms with E-state index in [9.17, 15) is 4.79 Å². The largest absolute Gasteiger partial charge is 0.377 e. The van der Waals surface area contributed by atoms with E-state index in [0.717, 1.165) is 12.2 Å². The summed E-state index contributed by atoms with van der Waals surface area (Å²) < 4.78 is 0. The molecule has 1 amide bonds. The molecular formula is C10H18N2O. The number of likely N-dealkylation sites (tertiary alicyclic amines) is 1. The molecule has 0 N–H and O–H groups in total. The molecular weight excluding hydrogens is 164 g/mol. The molecule has 1 aliphatic rings. The first kappa shape index (κ1) is 10.1. The van der Waals surface area contributed by atoms with E-state index in [1.807, 2.05) is 7.05 Å². The highest BCUT2D eigenvalue weighted by molar-refractivity contribution is 5.81. The van der Waals surface area contributed by atoms with Gasteiger partial charge in [-0.15, -0.1) is 0 Å². The Kier molecular flexibility index (Phi) is 2.64. The first-order valence-corrected chi connectivity index (χ1v) is 4.56. The number of hydrogen-bond acceptors (Lipinski definition) is 2. The van der Waals surface area contributed by atoms with E-state index < -0.39 is 0 Å². The quantitative estimate of drug-likeness (QED) is 0.598. The lowest BCUT2D eigenvalue weighted by molar-refractivity contribution is -0.132. The second-order valence-corrected chi connectivity index (χ2v) is 4.06. The van der Waals surface area contributed by atoms with Gasteiger partial charge in [-0.2, -0.15) is 0 Å². The number of hydrogen-bond donors (Lipinski definition) is 0. The minimum absolute atomic E-state index is 0.0139. The van der Waals surface area contributed by atoms with E-state index in [1.54, 1.807) is 19.0 Å². The molecule has 3 heteroatoms. The van der Waals surface area contributed by atoms with Crippen LogP contribution in [-0.2, 0) is 4.79 Å². The summed E-state index contributed by atoms with van der Waals surface area (Å²) in [7, 11) is 5.57. The van der Waals surface area contributed by atoms with Gasteiger partial charge in [0.05, 0.1) is 5.92 Å². The van der Waals surface area contributed by atoms with Crippen molar-refractivity contribution in [3.8, 4) is 0 Å². The van der Waals surface area contributed by atoms with Gasteiger partial charge < -0.3 is 9.80 Å². The minimum Gasteiger partial charge on any atom is -0.377 e. The number of carbonyl (C=O) groups excluding carboxylic acids is 1. The highest BCUT2D eigenvalue weighted by Crippen LogP contribution is 2.31. The fourth-order valence-corrected chi connectivity index (χ4v) is 1.88. The number of carbonyl (C=O) groups is 1. The average molecular weight is 182 g/mol. The highest BCUT2D eigenvalue weighted by atomic mass is 16.2. The number of amides is 1. The van der Waals surface area contributed by atoms with Gasteiger partial charge in [0, 0.05) is 33.4 Å². The van der Waals surface area contributed by atoms with Crippen LogP contribution in [0.3, 0.4) is 0 Å². The van der Waals surface area contributed by atoms with Crippen molar-refractivity contribution < 1.29 is 4.79 Å². The maximum absolute atomic E-state index is 11.7. The Morgan fingerprint density at radius 1 is 1.62 bits per heavy atom. The van der Waals surface area contributed by atoms with Gasteiger partial charge in [-0.3, -0.25) is 4.79 Å². The molecule has 0 aromatic heterocycles. The Balaban J connectivity index is 2.80. The van der Waals surface area contributed by atoms with E-state index >= 15 is 0 Å². The van der Waals surface area contributed by atoms with Crippen LogP contribution in [0.1, 0.15) is 6.92 Å². The van der Waals surface area contributed by atoms with Gasteiger partial charge in [0.25, 0.3) is 0 Å². The summed E-state index contributed by atoms with van der Waals surface area (Å²) >= 11 is 0. The predicted molar refractivity (Wildman–Crippen MR) is 53.1 cm³/mol. The van der Waals surface area contributed by atoms with Gasteiger partial charge in [0.1, 0.15) is 0 Å². The Bertz CT molecular complexity index is 235. The molecule has 0 aliphatic carbocycles. The minimum atomic E-state index is -0.0139. The molecule has 2 atom stereocenters. The molecule has 0 saturated carbocycles. The molecule has 1 saturated heterocycles. The van der Waals surface area contributed by atoms with Crippen molar-refractivity contribution in [1.29, 1.82) is 0 Å². The molecule has 1 fully saturated rings. The van der Waals surface area contributed by atoms with Crippen molar-refractivity contribution in [2.24, 2.45) is 11.8 Å². The Morgan fingerprint density at radius 3 is 2.46 bits per heavy atom. The van der Waals surface area contributed by atoms with Gasteiger partial charge in [-0.05, 0) is 5.92 Å². The monoisotopic (exact) mass is 182 g/mol. The van der Waals surface area contributed by atoms with Gasteiger partial charge in [-0.1, -0.05) is 13.5 Å². The Labute approximate surface area is 80.0 Å². The van der Waals surface area contributed by atoms with Crippen molar-refractivity contribution in [3.05, 3.63) is 12.3 Å². The van der Waals surface area contributed by atoms with E-state index in [0.29, 0.717) is 5.92 Å². The maximum Gasteiger partial charge on any atom is 0.231 e. The zero-order valence-corrected chi connectivity index (χ0v) is 8.87. The van der Waals surface area contributed by atoms with Crippen LogP contribution in [0.5, 0.6) is 0 Å². The summed E-state index contributed by atoms with van der Waals surface area (Å²) in [5.41, 5.74) is 0.950. The zero-order valence-electron chi connectivity index (χ0n) is 8.87. The van der Waals surface area contributed by atoms with Crippen LogP contribution in [0.15, 0.2) is 12.3 Å². The molecule has 0 radical (unpaired) electrons. The fraction of sp³-hybridized carbons (Fsp3) is 0.700. The van der Waals surface area contributed by atoms with Crippen LogP contribution in [0.4, 0.5) is 0 Å². The van der Waals surface area contributed by atoms with Gasteiger partial charge in [-0.25, -0.2) is 0 Å². The van der Waals surface area contributed by atoms with Crippen molar-refractivity contribution >= 4 is 5.91 Å². The topological polar surface area (TPSA) is 23.6 Å². The van der Waals surface area contributed by atoms with Crippen molar-refractivity contribution in [1.82, 2.24) is 9.80 Å². The molecule has 1 rings (SSSR count). The lowest BCUT2D eigenvalue weighted by Crippen LogP contribution is -2.32. The first-order valence-electron chi connectivity index (χ1n) is 4.56. The molecule has 0 spiro atoms. The second kappa shape index (κ2) is 3.40. The molecule has 0 aromatic carbocycles. The summed E-state index contributed by atoms with van der Waals surface area (Å²) in [4.78, 5) is 15.5. The zero-order chi connectivity index (χ0) is 10.2. The standard InChI is InChI=1S/C10H18N2O/c1-7-6-12(5)8(2)9(7)10(13)11(3)4/h7,9H,2,6H2,1,3-5H3. The molecule has 1 heterocycles. The van der Waals surface area contributed by atoms with Gasteiger partial charge in [0.2, 0.25) is 5.91 Å². The molecule has 0 bridgehead atoms. The summed E-state index contributed by atoms with van der Waals surface area (Å²) in [5.74, 6) is 0.536. The molecule has 13 heavy (non-hydrogen) atoms. The van der Waals surface area contributed by atoms with Crippen LogP contribution in [0, 0.1) is 11.8 Å². The second-order valence-electron chi connectivity index (χ2n) is 4.06. The normalized spacial score (nSPS) is 28.0. The SMILES string of the molecule is C=C1C(C(=O)N(C)C)C(C)CN1C. The van der Waals surface area contributed by atoms with Crippen LogP contribution in [-0.4, -0.2) is 43.4 Å². The Hall–Kier alpha value is -0.990. The third kappa shape index (κ3) is 1.69. The van der Waals surface area contributed by atoms with Crippen molar-refractivity contribution in [2.45, 2.75) is 6.92 Å². The van der Waals surface area contributed by atoms with E-state index in [1.165, 1.54) is 0 Å². The third-order valence-electron chi connectivity index (χ3n) is 2.69. The van der Waals surface area contributed by atoms with Crippen LogP contribution in [0.25, 0.3) is 0 Å². The van der Waals surface area contributed by atoms with Crippen LogP contribution in [0.2, 0.25) is 0 Å². The lowest BCUT2D eigenvalue weighted by atomic mass is 9.95. The summed E-state index contributed by atoms with van der Waals surface area (Å²) in [6.07, 6.45) is 0. The van der Waals surface area contributed by atoms with Gasteiger partial charge >= 0.3 is 0 Å². The maximum atomic E-state index is 11.7. The molecule has 0 aromatic rings. The van der Waals surface area contributed by atoms with Crippen LogP contribution >= 0.6 is 0 Å². The highest BCUT2D eigenvalue weighted by Gasteiger charge is 2.36. The Morgan fingerprint density at radius 2 is 2.15 bits per heavy atom. The molecule has 3 nitrogen and oxygen atoms in total. The average Bonchev–Trinajstić information content (AvgIpc) is 2.26. The van der Waals surface area contributed by atoms with E-state index in [2.05, 4.69) is 18.4 Å². The molecule has 1 aliphatic heterocycles. The smallest absolute Gasteiger partial charge is 0.231 e. The van der Waals surface area contributed by atoms with E-state index in [4.69, 9.17) is 0 Å².